The van der Waals surface area contributed by atoms with Crippen LogP contribution in [0.15, 0.2) is 52.6 Å². The van der Waals surface area contributed by atoms with Gasteiger partial charge in [0.15, 0.2) is 17.3 Å². The summed E-state index contributed by atoms with van der Waals surface area (Å²) in [5.41, 5.74) is 1.74. The van der Waals surface area contributed by atoms with Gasteiger partial charge in [0.1, 0.15) is 11.5 Å². The Kier molecular flexibility index (Phi) is 6.02. The van der Waals surface area contributed by atoms with Crippen molar-refractivity contribution in [1.82, 2.24) is 5.16 Å². The Morgan fingerprint density at radius 2 is 1.59 bits per heavy atom. The van der Waals surface area contributed by atoms with Crippen molar-refractivity contribution < 1.29 is 33.4 Å². The molecule has 1 aliphatic rings. The fraction of sp³-hybridized carbons (Fsp3) is 0.240. The van der Waals surface area contributed by atoms with Crippen LogP contribution in [0.3, 0.4) is 0 Å². The van der Waals surface area contributed by atoms with Crippen molar-refractivity contribution in [2.45, 2.75) is 19.9 Å². The maximum absolute atomic E-state index is 13.2. The second-order valence-electron chi connectivity index (χ2n) is 7.79. The molecule has 9 heteroatoms. The van der Waals surface area contributed by atoms with Gasteiger partial charge >= 0.3 is 5.91 Å². The van der Waals surface area contributed by atoms with Gasteiger partial charge in [-0.1, -0.05) is 35.0 Å². The van der Waals surface area contributed by atoms with Gasteiger partial charge in [0, 0.05) is 11.6 Å². The minimum absolute atomic E-state index is 0.0937. The number of anilines is 1. The van der Waals surface area contributed by atoms with Crippen LogP contribution in [0.2, 0.25) is 0 Å². The monoisotopic (exact) mass is 464 g/mol. The van der Waals surface area contributed by atoms with Crippen LogP contribution in [0.4, 0.5) is 5.82 Å². The van der Waals surface area contributed by atoms with Crippen molar-refractivity contribution in [3.63, 3.8) is 0 Å². The van der Waals surface area contributed by atoms with Crippen molar-refractivity contribution in [2.24, 2.45) is 0 Å². The average Bonchev–Trinajstić information content (AvgIpc) is 3.38. The van der Waals surface area contributed by atoms with Crippen LogP contribution >= 0.6 is 0 Å². The van der Waals surface area contributed by atoms with Crippen LogP contribution in [0.1, 0.15) is 28.5 Å². The number of nitrogens with zero attached hydrogens (tertiary/aromatic N) is 2. The average molecular weight is 464 g/mol. The minimum Gasteiger partial charge on any atom is -0.507 e. The number of aliphatic hydroxyl groups excluding tert-OH is 1. The summed E-state index contributed by atoms with van der Waals surface area (Å²) in [6.45, 7) is 3.58. The Labute approximate surface area is 196 Å². The first kappa shape index (κ1) is 22.9. The molecule has 4 rings (SSSR count). The van der Waals surface area contributed by atoms with Crippen LogP contribution in [-0.4, -0.2) is 43.3 Å². The first-order valence-corrected chi connectivity index (χ1v) is 10.4. The number of aliphatic hydroxyl groups is 1. The maximum atomic E-state index is 13.2. The standard InChI is InChI=1S/C25H24N2O7/c1-13-6-8-15(9-7-13)22(28)20-21(16-11-17(31-3)24(33-5)18(12-16)32-4)27(25(30)23(20)29)19-10-14(2)34-26-19/h6-12,21,28H,1-5H3. The number of benzene rings is 2. The lowest BCUT2D eigenvalue weighted by molar-refractivity contribution is -0.132. The molecule has 1 N–H and O–H groups in total. The molecule has 1 aliphatic heterocycles. The predicted molar refractivity (Wildman–Crippen MR) is 123 cm³/mol. The first-order valence-electron chi connectivity index (χ1n) is 10.4. The Bertz CT molecular complexity index is 1270. The number of Topliss-reactive ketones (excluding diaryl/α,β-unsaturated/α-hetero) is 1. The van der Waals surface area contributed by atoms with Crippen molar-refractivity contribution in [1.29, 1.82) is 0 Å². The number of ketones is 1. The van der Waals surface area contributed by atoms with E-state index < -0.39 is 17.7 Å². The second-order valence-corrected chi connectivity index (χ2v) is 7.79. The molecular weight excluding hydrogens is 440 g/mol. The highest BCUT2D eigenvalue weighted by molar-refractivity contribution is 6.51. The lowest BCUT2D eigenvalue weighted by Crippen LogP contribution is -2.29. The van der Waals surface area contributed by atoms with Crippen molar-refractivity contribution in [3.05, 3.63) is 70.5 Å². The number of aryl methyl sites for hydroxylation is 2. The molecule has 1 amide bonds. The molecule has 0 spiro atoms. The summed E-state index contributed by atoms with van der Waals surface area (Å²) in [6.07, 6.45) is 0. The zero-order valence-corrected chi connectivity index (χ0v) is 19.4. The number of methoxy groups -OCH3 is 3. The van der Waals surface area contributed by atoms with Crippen LogP contribution < -0.4 is 19.1 Å². The number of hydrogen-bond donors (Lipinski definition) is 1. The Morgan fingerprint density at radius 1 is 0.971 bits per heavy atom. The largest absolute Gasteiger partial charge is 0.507 e. The molecule has 3 aromatic rings. The predicted octanol–water partition coefficient (Wildman–Crippen LogP) is 3.94. The van der Waals surface area contributed by atoms with E-state index in [1.807, 2.05) is 6.92 Å². The van der Waals surface area contributed by atoms with E-state index in [0.29, 0.717) is 34.1 Å². The van der Waals surface area contributed by atoms with Gasteiger partial charge in [-0.25, -0.2) is 0 Å². The van der Waals surface area contributed by atoms with Gasteiger partial charge in [0.05, 0.1) is 32.9 Å². The van der Waals surface area contributed by atoms with E-state index in [4.69, 9.17) is 18.7 Å². The smallest absolute Gasteiger partial charge is 0.301 e. The molecule has 176 valence electrons. The lowest BCUT2D eigenvalue weighted by atomic mass is 9.94. The third kappa shape index (κ3) is 3.75. The topological polar surface area (TPSA) is 111 Å². The van der Waals surface area contributed by atoms with E-state index in [9.17, 15) is 14.7 Å². The zero-order valence-electron chi connectivity index (χ0n) is 19.4. The fourth-order valence-electron chi connectivity index (χ4n) is 3.98. The first-order chi connectivity index (χ1) is 16.3. The summed E-state index contributed by atoms with van der Waals surface area (Å²) in [4.78, 5) is 27.6. The molecular formula is C25H24N2O7. The van der Waals surface area contributed by atoms with Crippen molar-refractivity contribution in [2.75, 3.05) is 26.2 Å². The number of aromatic nitrogens is 1. The third-order valence-corrected chi connectivity index (χ3v) is 5.63. The highest BCUT2D eigenvalue weighted by Crippen LogP contribution is 2.46. The maximum Gasteiger partial charge on any atom is 0.301 e. The van der Waals surface area contributed by atoms with Gasteiger partial charge in [-0.15, -0.1) is 0 Å². The molecule has 2 aromatic carbocycles. The van der Waals surface area contributed by atoms with E-state index in [1.54, 1.807) is 49.4 Å². The molecule has 0 bridgehead atoms. The number of rotatable bonds is 6. The minimum atomic E-state index is -1.03. The molecule has 0 saturated carbocycles. The SMILES string of the molecule is COc1cc(C2C(=C(O)c3ccc(C)cc3)C(=O)C(=O)N2c2cc(C)on2)cc(OC)c1OC. The zero-order chi connectivity index (χ0) is 24.6. The van der Waals surface area contributed by atoms with E-state index in [1.165, 1.54) is 26.2 Å². The molecule has 0 radical (unpaired) electrons. The van der Waals surface area contributed by atoms with E-state index in [0.717, 1.165) is 5.56 Å². The molecule has 2 heterocycles. The van der Waals surface area contributed by atoms with E-state index in [2.05, 4.69) is 5.16 Å². The Balaban J connectivity index is 2.00. The fourth-order valence-corrected chi connectivity index (χ4v) is 3.98. The van der Waals surface area contributed by atoms with E-state index in [-0.39, 0.29) is 17.2 Å². The number of carbonyl (C=O) groups is 2. The molecule has 1 atom stereocenters. The molecule has 1 saturated heterocycles. The molecule has 1 unspecified atom stereocenters. The third-order valence-electron chi connectivity index (χ3n) is 5.63. The van der Waals surface area contributed by atoms with Crippen molar-refractivity contribution in [3.8, 4) is 17.2 Å². The second kappa shape index (κ2) is 8.93. The summed E-state index contributed by atoms with van der Waals surface area (Å²) in [7, 11) is 4.40. The number of amides is 1. The molecule has 9 nitrogen and oxygen atoms in total. The van der Waals surface area contributed by atoms with Gasteiger partial charge in [-0.2, -0.15) is 0 Å². The normalized spacial score (nSPS) is 17.2. The highest BCUT2D eigenvalue weighted by Gasteiger charge is 2.48. The Hall–Kier alpha value is -4.27. The van der Waals surface area contributed by atoms with Gasteiger partial charge in [-0.3, -0.25) is 14.5 Å². The summed E-state index contributed by atoms with van der Waals surface area (Å²) < 4.78 is 21.5. The van der Waals surface area contributed by atoms with Crippen molar-refractivity contribution >= 4 is 23.3 Å². The van der Waals surface area contributed by atoms with Crippen LogP contribution in [0.25, 0.3) is 5.76 Å². The summed E-state index contributed by atoms with van der Waals surface area (Å²) in [5, 5.41) is 15.1. The van der Waals surface area contributed by atoms with Gasteiger partial charge in [0.25, 0.3) is 5.78 Å². The van der Waals surface area contributed by atoms with E-state index >= 15 is 0 Å². The number of ether oxygens (including phenoxy) is 3. The lowest BCUT2D eigenvalue weighted by Gasteiger charge is -2.24. The molecule has 0 aliphatic carbocycles. The van der Waals surface area contributed by atoms with Crippen LogP contribution in [-0.2, 0) is 9.59 Å². The Morgan fingerprint density at radius 3 is 2.09 bits per heavy atom. The van der Waals surface area contributed by atoms with Gasteiger partial charge in [0.2, 0.25) is 5.75 Å². The highest BCUT2D eigenvalue weighted by atomic mass is 16.5. The van der Waals surface area contributed by atoms with Crippen LogP contribution in [0, 0.1) is 13.8 Å². The van der Waals surface area contributed by atoms with Crippen LogP contribution in [0.5, 0.6) is 17.2 Å². The quantitative estimate of drug-likeness (QED) is 0.332. The summed E-state index contributed by atoms with van der Waals surface area (Å²) in [6, 6.07) is 10.7. The number of carbonyl (C=O) groups excluding carboxylic acids is 2. The molecule has 1 aromatic heterocycles. The number of hydrogen-bond acceptors (Lipinski definition) is 8. The van der Waals surface area contributed by atoms with Gasteiger partial charge in [-0.05, 0) is 31.5 Å². The molecule has 34 heavy (non-hydrogen) atoms. The summed E-state index contributed by atoms with van der Waals surface area (Å²) in [5.74, 6) is -0.400. The summed E-state index contributed by atoms with van der Waals surface area (Å²) >= 11 is 0. The molecule has 1 fully saturated rings. The van der Waals surface area contributed by atoms with Gasteiger partial charge < -0.3 is 23.8 Å².